The summed E-state index contributed by atoms with van der Waals surface area (Å²) in [5.41, 5.74) is 0. The van der Waals surface area contributed by atoms with Crippen LogP contribution in [-0.4, -0.2) is 45.7 Å². The largest absolute Gasteiger partial charge is 0.490 e. The van der Waals surface area contributed by atoms with Crippen LogP contribution in [0.15, 0.2) is 24.3 Å². The van der Waals surface area contributed by atoms with Gasteiger partial charge in [-0.25, -0.2) is 8.42 Å². The number of hydrogen-bond donors (Lipinski definition) is 1. The second kappa shape index (κ2) is 7.66. The summed E-state index contributed by atoms with van der Waals surface area (Å²) in [5.74, 6) is 2.08. The molecule has 1 aliphatic rings. The van der Waals surface area contributed by atoms with Crippen molar-refractivity contribution < 1.29 is 17.9 Å². The van der Waals surface area contributed by atoms with Crippen molar-refractivity contribution in [1.29, 1.82) is 0 Å². The van der Waals surface area contributed by atoms with Crippen LogP contribution in [0.3, 0.4) is 0 Å². The molecular weight excluding hydrogens is 290 g/mol. The first-order chi connectivity index (χ1) is 10.1. The molecule has 1 aromatic rings. The van der Waals surface area contributed by atoms with E-state index in [2.05, 4.69) is 5.32 Å². The average molecular weight is 313 g/mol. The highest BCUT2D eigenvalue weighted by Gasteiger charge is 2.22. The lowest BCUT2D eigenvalue weighted by Crippen LogP contribution is -2.39. The van der Waals surface area contributed by atoms with E-state index in [4.69, 9.17) is 9.47 Å². The van der Waals surface area contributed by atoms with Crippen LogP contribution in [0, 0.1) is 0 Å². The van der Waals surface area contributed by atoms with Crippen molar-refractivity contribution in [1.82, 2.24) is 5.32 Å². The zero-order valence-corrected chi connectivity index (χ0v) is 13.2. The number of nitrogens with one attached hydrogen (secondary N) is 1. The highest BCUT2D eigenvalue weighted by Crippen LogP contribution is 2.26. The van der Waals surface area contributed by atoms with Gasteiger partial charge >= 0.3 is 0 Å². The van der Waals surface area contributed by atoms with Crippen LogP contribution < -0.4 is 14.8 Å². The summed E-state index contributed by atoms with van der Waals surface area (Å²) in [6.45, 7) is 3.78. The van der Waals surface area contributed by atoms with Crippen molar-refractivity contribution in [3.63, 3.8) is 0 Å². The van der Waals surface area contributed by atoms with Crippen molar-refractivity contribution in [2.24, 2.45) is 0 Å². The van der Waals surface area contributed by atoms with Crippen molar-refractivity contribution in [2.75, 3.05) is 31.3 Å². The normalized spacial score (nSPS) is 18.3. The van der Waals surface area contributed by atoms with E-state index in [9.17, 15) is 8.42 Å². The van der Waals surface area contributed by atoms with Crippen LogP contribution in [0.25, 0.3) is 0 Å². The highest BCUT2D eigenvalue weighted by atomic mass is 32.2. The Morgan fingerprint density at radius 3 is 2.38 bits per heavy atom. The van der Waals surface area contributed by atoms with E-state index in [1.54, 1.807) is 0 Å². The van der Waals surface area contributed by atoms with Crippen molar-refractivity contribution in [3.8, 4) is 11.5 Å². The van der Waals surface area contributed by atoms with Gasteiger partial charge in [0, 0.05) is 12.6 Å². The van der Waals surface area contributed by atoms with Gasteiger partial charge < -0.3 is 14.8 Å². The molecule has 2 rings (SSSR count). The van der Waals surface area contributed by atoms with Gasteiger partial charge in [-0.1, -0.05) is 12.1 Å². The van der Waals surface area contributed by atoms with E-state index in [0.29, 0.717) is 44.1 Å². The predicted molar refractivity (Wildman–Crippen MR) is 82.8 cm³/mol. The maximum Gasteiger partial charge on any atom is 0.161 e. The molecule has 1 heterocycles. The Bertz CT molecular complexity index is 530. The average Bonchev–Trinajstić information content (AvgIpc) is 2.47. The van der Waals surface area contributed by atoms with Gasteiger partial charge in [0.05, 0.1) is 18.1 Å². The van der Waals surface area contributed by atoms with Crippen LogP contribution in [-0.2, 0) is 9.84 Å². The molecule has 0 spiro atoms. The minimum atomic E-state index is -2.79. The summed E-state index contributed by atoms with van der Waals surface area (Å²) in [5, 5.41) is 3.35. The predicted octanol–water partition coefficient (Wildman–Crippen LogP) is 1.63. The lowest BCUT2D eigenvalue weighted by molar-refractivity contribution is 0.270. The lowest BCUT2D eigenvalue weighted by atomic mass is 10.1. The molecule has 0 saturated carbocycles. The molecule has 0 radical (unpaired) electrons. The van der Waals surface area contributed by atoms with Crippen LogP contribution in [0.4, 0.5) is 0 Å². The van der Waals surface area contributed by atoms with Crippen LogP contribution in [0.5, 0.6) is 11.5 Å². The molecule has 1 aromatic carbocycles. The SMILES string of the molecule is CCOc1ccccc1OCCNC1CCS(=O)(=O)CC1. The van der Waals surface area contributed by atoms with E-state index < -0.39 is 9.84 Å². The van der Waals surface area contributed by atoms with Gasteiger partial charge in [0.25, 0.3) is 0 Å². The first-order valence-corrected chi connectivity index (χ1v) is 9.21. The Kier molecular flexibility index (Phi) is 5.87. The minimum Gasteiger partial charge on any atom is -0.490 e. The first-order valence-electron chi connectivity index (χ1n) is 7.39. The molecule has 0 aromatic heterocycles. The third-order valence-electron chi connectivity index (χ3n) is 3.50. The van der Waals surface area contributed by atoms with Crippen molar-refractivity contribution >= 4 is 9.84 Å². The highest BCUT2D eigenvalue weighted by molar-refractivity contribution is 7.91. The topological polar surface area (TPSA) is 64.6 Å². The Hall–Kier alpha value is -1.27. The summed E-state index contributed by atoms with van der Waals surface area (Å²) >= 11 is 0. The summed E-state index contributed by atoms with van der Waals surface area (Å²) in [6.07, 6.45) is 1.38. The third kappa shape index (κ3) is 5.21. The smallest absolute Gasteiger partial charge is 0.161 e. The van der Waals surface area contributed by atoms with E-state index in [0.717, 1.165) is 11.5 Å². The standard InChI is InChI=1S/C15H23NO4S/c1-2-19-14-5-3-4-6-15(14)20-10-9-16-13-7-11-21(17,18)12-8-13/h3-6,13,16H,2,7-12H2,1H3. The maximum absolute atomic E-state index is 11.3. The Balaban J connectivity index is 1.71. The number of sulfone groups is 1. The van der Waals surface area contributed by atoms with E-state index in [1.165, 1.54) is 0 Å². The molecule has 21 heavy (non-hydrogen) atoms. The van der Waals surface area contributed by atoms with E-state index >= 15 is 0 Å². The van der Waals surface area contributed by atoms with Crippen molar-refractivity contribution in [3.05, 3.63) is 24.3 Å². The quantitative estimate of drug-likeness (QED) is 0.775. The molecule has 6 heteroatoms. The van der Waals surface area contributed by atoms with E-state index in [-0.39, 0.29) is 6.04 Å². The van der Waals surface area contributed by atoms with Gasteiger partial charge in [0.15, 0.2) is 11.5 Å². The molecule has 0 bridgehead atoms. The number of ether oxygens (including phenoxy) is 2. The maximum atomic E-state index is 11.3. The Morgan fingerprint density at radius 1 is 1.14 bits per heavy atom. The summed E-state index contributed by atoms with van der Waals surface area (Å²) < 4.78 is 33.9. The number of para-hydroxylation sites is 2. The van der Waals surface area contributed by atoms with Gasteiger partial charge in [0.1, 0.15) is 16.4 Å². The Morgan fingerprint density at radius 2 is 1.76 bits per heavy atom. The summed E-state index contributed by atoms with van der Waals surface area (Å²) in [6, 6.07) is 7.88. The zero-order chi connectivity index (χ0) is 15.1. The minimum absolute atomic E-state index is 0.277. The van der Waals surface area contributed by atoms with Crippen LogP contribution in [0.1, 0.15) is 19.8 Å². The van der Waals surface area contributed by atoms with Crippen LogP contribution in [0.2, 0.25) is 0 Å². The third-order valence-corrected chi connectivity index (χ3v) is 5.21. The fraction of sp³-hybridized carbons (Fsp3) is 0.600. The molecule has 1 N–H and O–H groups in total. The van der Waals surface area contributed by atoms with E-state index in [1.807, 2.05) is 31.2 Å². The molecule has 1 fully saturated rings. The number of rotatable bonds is 7. The summed E-state index contributed by atoms with van der Waals surface area (Å²) in [4.78, 5) is 0. The van der Waals surface area contributed by atoms with Gasteiger partial charge in [0.2, 0.25) is 0 Å². The monoisotopic (exact) mass is 313 g/mol. The van der Waals surface area contributed by atoms with Gasteiger partial charge in [-0.3, -0.25) is 0 Å². The molecule has 1 aliphatic heterocycles. The molecule has 0 amide bonds. The molecular formula is C15H23NO4S. The second-order valence-corrected chi connectivity index (χ2v) is 7.41. The van der Waals surface area contributed by atoms with Gasteiger partial charge in [-0.15, -0.1) is 0 Å². The zero-order valence-electron chi connectivity index (χ0n) is 12.4. The molecule has 0 unspecified atom stereocenters. The van der Waals surface area contributed by atoms with Crippen molar-refractivity contribution in [2.45, 2.75) is 25.8 Å². The lowest BCUT2D eigenvalue weighted by Gasteiger charge is -2.23. The van der Waals surface area contributed by atoms with Crippen LogP contribution >= 0.6 is 0 Å². The second-order valence-electron chi connectivity index (χ2n) is 5.11. The molecule has 118 valence electrons. The number of hydrogen-bond acceptors (Lipinski definition) is 5. The number of benzene rings is 1. The Labute approximate surface area is 126 Å². The fourth-order valence-corrected chi connectivity index (χ4v) is 3.85. The molecule has 1 saturated heterocycles. The van der Waals surface area contributed by atoms with Gasteiger partial charge in [-0.05, 0) is 31.9 Å². The molecule has 0 aliphatic carbocycles. The summed E-state index contributed by atoms with van der Waals surface area (Å²) in [7, 11) is -2.79. The fourth-order valence-electron chi connectivity index (χ4n) is 2.36. The van der Waals surface area contributed by atoms with Gasteiger partial charge in [-0.2, -0.15) is 0 Å². The molecule has 0 atom stereocenters. The molecule has 5 nitrogen and oxygen atoms in total. The first kappa shape index (κ1) is 16.1.